The predicted molar refractivity (Wildman–Crippen MR) is 53.1 cm³/mol. The minimum atomic E-state index is -0.238. The Hall–Kier alpha value is -1.32. The highest BCUT2D eigenvalue weighted by Gasteiger charge is 2.10. The van der Waals surface area contributed by atoms with E-state index in [1.54, 1.807) is 11.6 Å². The highest BCUT2D eigenvalue weighted by atomic mass is 16.5. The Balaban J connectivity index is 2.77. The van der Waals surface area contributed by atoms with Gasteiger partial charge in [-0.05, 0) is 33.3 Å². The number of aromatic nitrogens is 2. The van der Waals surface area contributed by atoms with Crippen molar-refractivity contribution in [1.82, 2.24) is 9.78 Å². The van der Waals surface area contributed by atoms with Crippen molar-refractivity contribution in [2.24, 2.45) is 0 Å². The number of aryl methyl sites for hydroxylation is 1. The van der Waals surface area contributed by atoms with Crippen molar-refractivity contribution in [2.45, 2.75) is 34.2 Å². The summed E-state index contributed by atoms with van der Waals surface area (Å²) in [5.41, 5.74) is 3.12. The minimum absolute atomic E-state index is 0.203. The number of rotatable bonds is 3. The lowest BCUT2D eigenvalue weighted by atomic mass is 10.2. The third-order valence-corrected chi connectivity index (χ3v) is 2.33. The molecule has 0 saturated heterocycles. The van der Waals surface area contributed by atoms with Gasteiger partial charge in [0.05, 0.1) is 12.3 Å². The molecule has 0 fully saturated rings. The fourth-order valence-electron chi connectivity index (χ4n) is 1.27. The van der Waals surface area contributed by atoms with Crippen LogP contribution in [0.4, 0.5) is 0 Å². The number of carbonyl (C=O) groups excluding carboxylic acids is 1. The molecule has 0 N–H and O–H groups in total. The standard InChI is InChI=1S/C10H16N2O2/c1-5-14-10(13)6-12-9(4)7(2)8(3)11-12/h5-6H2,1-4H3. The van der Waals surface area contributed by atoms with Crippen LogP contribution in [0.1, 0.15) is 23.9 Å². The van der Waals surface area contributed by atoms with E-state index in [1.807, 2.05) is 20.8 Å². The average molecular weight is 196 g/mol. The van der Waals surface area contributed by atoms with Gasteiger partial charge in [0.2, 0.25) is 0 Å². The SMILES string of the molecule is CCOC(=O)Cn1nc(C)c(C)c1C. The number of esters is 1. The molecule has 0 aromatic carbocycles. The molecule has 0 aliphatic carbocycles. The summed E-state index contributed by atoms with van der Waals surface area (Å²) in [6, 6.07) is 0. The van der Waals surface area contributed by atoms with Crippen molar-refractivity contribution in [2.75, 3.05) is 6.61 Å². The normalized spacial score (nSPS) is 10.3. The molecule has 0 unspecified atom stereocenters. The van der Waals surface area contributed by atoms with Gasteiger partial charge < -0.3 is 4.74 Å². The van der Waals surface area contributed by atoms with Crippen molar-refractivity contribution >= 4 is 5.97 Å². The van der Waals surface area contributed by atoms with Gasteiger partial charge in [-0.3, -0.25) is 9.48 Å². The van der Waals surface area contributed by atoms with Crippen LogP contribution in [0.15, 0.2) is 0 Å². The fourth-order valence-corrected chi connectivity index (χ4v) is 1.27. The summed E-state index contributed by atoms with van der Waals surface area (Å²) in [6.07, 6.45) is 0. The van der Waals surface area contributed by atoms with Crippen LogP contribution in [0.2, 0.25) is 0 Å². The maximum Gasteiger partial charge on any atom is 0.327 e. The van der Waals surface area contributed by atoms with Gasteiger partial charge in [-0.1, -0.05) is 0 Å². The second kappa shape index (κ2) is 4.26. The average Bonchev–Trinajstić information content (AvgIpc) is 2.34. The molecule has 0 radical (unpaired) electrons. The van der Waals surface area contributed by atoms with E-state index in [1.165, 1.54) is 0 Å². The van der Waals surface area contributed by atoms with Gasteiger partial charge in [0.15, 0.2) is 0 Å². The molecule has 0 amide bonds. The summed E-state index contributed by atoms with van der Waals surface area (Å²) < 4.78 is 6.53. The molecule has 1 heterocycles. The van der Waals surface area contributed by atoms with Crippen LogP contribution < -0.4 is 0 Å². The Morgan fingerprint density at radius 1 is 1.43 bits per heavy atom. The van der Waals surface area contributed by atoms with Crippen molar-refractivity contribution < 1.29 is 9.53 Å². The molecular weight excluding hydrogens is 180 g/mol. The van der Waals surface area contributed by atoms with Crippen molar-refractivity contribution in [3.8, 4) is 0 Å². The highest BCUT2D eigenvalue weighted by molar-refractivity contribution is 5.69. The van der Waals surface area contributed by atoms with E-state index < -0.39 is 0 Å². The summed E-state index contributed by atoms with van der Waals surface area (Å²) in [5.74, 6) is -0.238. The summed E-state index contributed by atoms with van der Waals surface area (Å²) in [4.78, 5) is 11.2. The van der Waals surface area contributed by atoms with Gasteiger partial charge in [-0.2, -0.15) is 5.10 Å². The number of hydrogen-bond acceptors (Lipinski definition) is 3. The van der Waals surface area contributed by atoms with E-state index in [2.05, 4.69) is 5.10 Å². The number of nitrogens with zero attached hydrogens (tertiary/aromatic N) is 2. The first-order valence-corrected chi connectivity index (χ1v) is 4.72. The quantitative estimate of drug-likeness (QED) is 0.686. The van der Waals surface area contributed by atoms with E-state index in [0.717, 1.165) is 17.0 Å². The third kappa shape index (κ3) is 2.13. The Kier molecular flexibility index (Phi) is 3.28. The molecule has 0 atom stereocenters. The lowest BCUT2D eigenvalue weighted by molar-refractivity contribution is -0.144. The molecule has 78 valence electrons. The molecule has 0 aliphatic rings. The maximum atomic E-state index is 11.2. The van der Waals surface area contributed by atoms with Gasteiger partial charge in [0, 0.05) is 5.69 Å². The van der Waals surface area contributed by atoms with Crippen LogP contribution in [0.5, 0.6) is 0 Å². The van der Waals surface area contributed by atoms with Crippen molar-refractivity contribution in [1.29, 1.82) is 0 Å². The Morgan fingerprint density at radius 2 is 2.07 bits per heavy atom. The lowest BCUT2D eigenvalue weighted by Crippen LogP contribution is -2.15. The second-order valence-electron chi connectivity index (χ2n) is 3.26. The first-order chi connectivity index (χ1) is 6.56. The number of hydrogen-bond donors (Lipinski definition) is 0. The van der Waals surface area contributed by atoms with E-state index in [9.17, 15) is 4.79 Å². The zero-order valence-corrected chi connectivity index (χ0v) is 9.13. The summed E-state index contributed by atoms with van der Waals surface area (Å²) in [6.45, 7) is 8.30. The number of carbonyl (C=O) groups is 1. The molecule has 0 bridgehead atoms. The zero-order chi connectivity index (χ0) is 10.7. The van der Waals surface area contributed by atoms with Crippen molar-refractivity contribution in [3.63, 3.8) is 0 Å². The smallest absolute Gasteiger partial charge is 0.327 e. The molecule has 1 aromatic heterocycles. The Labute approximate surface area is 83.9 Å². The van der Waals surface area contributed by atoms with E-state index in [4.69, 9.17) is 4.74 Å². The zero-order valence-electron chi connectivity index (χ0n) is 9.13. The molecule has 1 aromatic rings. The van der Waals surface area contributed by atoms with Gasteiger partial charge in [0.25, 0.3) is 0 Å². The Morgan fingerprint density at radius 3 is 2.50 bits per heavy atom. The summed E-state index contributed by atoms with van der Waals surface area (Å²) in [5, 5.41) is 4.25. The fraction of sp³-hybridized carbons (Fsp3) is 0.600. The van der Waals surface area contributed by atoms with Crippen LogP contribution in [0.25, 0.3) is 0 Å². The third-order valence-electron chi connectivity index (χ3n) is 2.33. The molecule has 1 rings (SSSR count). The molecule has 14 heavy (non-hydrogen) atoms. The van der Waals surface area contributed by atoms with E-state index in [-0.39, 0.29) is 12.5 Å². The molecule has 0 saturated carbocycles. The Bertz CT molecular complexity index is 342. The maximum absolute atomic E-state index is 11.2. The molecule has 4 nitrogen and oxygen atoms in total. The number of ether oxygens (including phenoxy) is 1. The molecular formula is C10H16N2O2. The molecule has 0 aliphatic heterocycles. The van der Waals surface area contributed by atoms with Crippen LogP contribution in [0.3, 0.4) is 0 Å². The van der Waals surface area contributed by atoms with Gasteiger partial charge in [0.1, 0.15) is 6.54 Å². The van der Waals surface area contributed by atoms with Crippen LogP contribution in [0, 0.1) is 20.8 Å². The van der Waals surface area contributed by atoms with E-state index in [0.29, 0.717) is 6.61 Å². The minimum Gasteiger partial charge on any atom is -0.465 e. The van der Waals surface area contributed by atoms with E-state index >= 15 is 0 Å². The van der Waals surface area contributed by atoms with Crippen molar-refractivity contribution in [3.05, 3.63) is 17.0 Å². The van der Waals surface area contributed by atoms with Crippen LogP contribution >= 0.6 is 0 Å². The first kappa shape index (κ1) is 10.8. The monoisotopic (exact) mass is 196 g/mol. The topological polar surface area (TPSA) is 44.1 Å². The molecule has 0 spiro atoms. The highest BCUT2D eigenvalue weighted by Crippen LogP contribution is 2.10. The summed E-state index contributed by atoms with van der Waals surface area (Å²) in [7, 11) is 0. The summed E-state index contributed by atoms with van der Waals surface area (Å²) >= 11 is 0. The van der Waals surface area contributed by atoms with Crippen LogP contribution in [-0.4, -0.2) is 22.4 Å². The van der Waals surface area contributed by atoms with Gasteiger partial charge in [-0.25, -0.2) is 0 Å². The lowest BCUT2D eigenvalue weighted by Gasteiger charge is -2.03. The molecule has 4 heteroatoms. The van der Waals surface area contributed by atoms with Gasteiger partial charge >= 0.3 is 5.97 Å². The van der Waals surface area contributed by atoms with Crippen LogP contribution in [-0.2, 0) is 16.1 Å². The second-order valence-corrected chi connectivity index (χ2v) is 3.26. The predicted octanol–water partition coefficient (Wildman–Crippen LogP) is 1.37. The first-order valence-electron chi connectivity index (χ1n) is 4.72. The largest absolute Gasteiger partial charge is 0.465 e. The van der Waals surface area contributed by atoms with Gasteiger partial charge in [-0.15, -0.1) is 0 Å².